The minimum atomic E-state index is -0.466. The predicted molar refractivity (Wildman–Crippen MR) is 87.1 cm³/mol. The third-order valence-electron chi connectivity index (χ3n) is 4.34. The van der Waals surface area contributed by atoms with Crippen molar-refractivity contribution < 1.29 is 9.53 Å². The topological polar surface area (TPSA) is 98.3 Å². The molecule has 0 saturated carbocycles. The van der Waals surface area contributed by atoms with E-state index in [0.717, 1.165) is 38.3 Å². The Morgan fingerprint density at radius 1 is 1.39 bits per heavy atom. The average Bonchev–Trinajstić information content (AvgIpc) is 2.85. The number of hydrogen-bond acceptors (Lipinski definition) is 6. The van der Waals surface area contributed by atoms with Crippen molar-refractivity contribution in [3.8, 4) is 0 Å². The summed E-state index contributed by atoms with van der Waals surface area (Å²) < 4.78 is 7.40. The molecule has 1 amide bonds. The Hall–Kier alpha value is -1.99. The van der Waals surface area contributed by atoms with Crippen LogP contribution in [0.4, 0.5) is 16.7 Å². The highest BCUT2D eigenvalue weighted by Gasteiger charge is 2.35. The molecule has 23 heavy (non-hydrogen) atoms. The van der Waals surface area contributed by atoms with E-state index in [4.69, 9.17) is 10.5 Å². The number of nitrogen functional groups attached to an aromatic ring is 1. The first-order chi connectivity index (χ1) is 10.8. The van der Waals surface area contributed by atoms with Crippen LogP contribution in [0.3, 0.4) is 0 Å². The Balaban J connectivity index is 1.71. The maximum Gasteiger partial charge on any atom is 0.410 e. The lowest BCUT2D eigenvalue weighted by atomic mass is 9.88. The van der Waals surface area contributed by atoms with Gasteiger partial charge in [-0.1, -0.05) is 0 Å². The molecule has 0 aromatic carbocycles. The summed E-state index contributed by atoms with van der Waals surface area (Å²) in [6.07, 6.45) is 2.79. The molecule has 2 aliphatic rings. The van der Waals surface area contributed by atoms with Crippen LogP contribution in [0, 0.1) is 5.92 Å². The van der Waals surface area contributed by atoms with Crippen LogP contribution < -0.4 is 11.1 Å². The summed E-state index contributed by atoms with van der Waals surface area (Å²) in [6, 6.07) is 0.223. The lowest BCUT2D eigenvalue weighted by molar-refractivity contribution is 0.0127. The molecule has 1 aromatic heterocycles. The number of piperidine rings is 1. The summed E-state index contributed by atoms with van der Waals surface area (Å²) in [4.78, 5) is 18.4. The highest BCUT2D eigenvalue weighted by molar-refractivity contribution is 5.68. The first-order valence-electron chi connectivity index (χ1n) is 8.27. The third kappa shape index (κ3) is 3.51. The molecule has 1 saturated heterocycles. The van der Waals surface area contributed by atoms with Gasteiger partial charge >= 0.3 is 6.09 Å². The van der Waals surface area contributed by atoms with E-state index in [-0.39, 0.29) is 12.1 Å². The number of nitrogens with zero attached hydrogens (tertiary/aromatic N) is 4. The normalized spacial score (nSPS) is 24.7. The lowest BCUT2D eigenvalue weighted by Gasteiger charge is -2.39. The van der Waals surface area contributed by atoms with Gasteiger partial charge in [0.2, 0.25) is 11.9 Å². The number of rotatable bonds is 1. The third-order valence-corrected chi connectivity index (χ3v) is 4.34. The minimum Gasteiger partial charge on any atom is -0.444 e. The zero-order chi connectivity index (χ0) is 16.6. The van der Waals surface area contributed by atoms with Gasteiger partial charge in [0, 0.05) is 19.6 Å². The Kier molecular flexibility index (Phi) is 4.08. The Labute approximate surface area is 136 Å². The van der Waals surface area contributed by atoms with Crippen molar-refractivity contribution in [3.05, 3.63) is 0 Å². The number of nitrogens with two attached hydrogens (primary N) is 1. The molecule has 2 unspecified atom stereocenters. The van der Waals surface area contributed by atoms with E-state index in [1.54, 1.807) is 0 Å². The van der Waals surface area contributed by atoms with E-state index in [9.17, 15) is 4.79 Å². The number of fused-ring (bicyclic) bond motifs is 1. The number of likely N-dealkylation sites (tertiary alicyclic amines) is 1. The van der Waals surface area contributed by atoms with E-state index in [1.807, 2.05) is 30.4 Å². The van der Waals surface area contributed by atoms with Crippen molar-refractivity contribution in [2.24, 2.45) is 5.92 Å². The summed E-state index contributed by atoms with van der Waals surface area (Å²) >= 11 is 0. The second-order valence-electron chi connectivity index (χ2n) is 7.35. The van der Waals surface area contributed by atoms with Gasteiger partial charge in [0.15, 0.2) is 0 Å². The van der Waals surface area contributed by atoms with Gasteiger partial charge in [-0.25, -0.2) is 9.48 Å². The van der Waals surface area contributed by atoms with Gasteiger partial charge in [-0.15, -0.1) is 5.10 Å². The Morgan fingerprint density at radius 2 is 2.17 bits per heavy atom. The van der Waals surface area contributed by atoms with Gasteiger partial charge in [-0.3, -0.25) is 0 Å². The van der Waals surface area contributed by atoms with Crippen molar-refractivity contribution in [2.75, 3.05) is 30.7 Å². The van der Waals surface area contributed by atoms with E-state index in [1.165, 1.54) is 0 Å². The first-order valence-corrected chi connectivity index (χ1v) is 8.27. The van der Waals surface area contributed by atoms with Crippen LogP contribution in [0.25, 0.3) is 0 Å². The molecule has 1 aromatic rings. The maximum atomic E-state index is 12.3. The summed E-state index contributed by atoms with van der Waals surface area (Å²) in [6.45, 7) is 7.98. The molecule has 0 radical (unpaired) electrons. The maximum absolute atomic E-state index is 12.3. The number of anilines is 2. The Morgan fingerprint density at radius 3 is 2.91 bits per heavy atom. The molecular formula is C15H26N6O2. The van der Waals surface area contributed by atoms with Gasteiger partial charge in [-0.2, -0.15) is 4.98 Å². The SMILES string of the molecule is CC(C)(C)OC(=O)N1CCCC(C2CCNc3nc(N)nn32)C1. The van der Waals surface area contributed by atoms with Crippen molar-refractivity contribution in [3.63, 3.8) is 0 Å². The number of carbonyl (C=O) groups is 1. The fourth-order valence-corrected chi connectivity index (χ4v) is 3.40. The molecule has 3 heterocycles. The van der Waals surface area contributed by atoms with Crippen LogP contribution in [0.5, 0.6) is 0 Å². The standard InChI is InChI=1S/C15H26N6O2/c1-15(2,3)23-14(22)20-8-4-5-10(9-20)11-6-7-17-13-18-12(16)19-21(11)13/h10-11H,4-9H2,1-3H3,(H3,16,17,18,19). The molecule has 3 N–H and O–H groups in total. The highest BCUT2D eigenvalue weighted by atomic mass is 16.6. The monoisotopic (exact) mass is 322 g/mol. The molecular weight excluding hydrogens is 296 g/mol. The van der Waals surface area contributed by atoms with Gasteiger partial charge < -0.3 is 20.7 Å². The van der Waals surface area contributed by atoms with Gasteiger partial charge in [0.05, 0.1) is 6.04 Å². The minimum absolute atomic E-state index is 0.223. The second-order valence-corrected chi connectivity index (χ2v) is 7.35. The first kappa shape index (κ1) is 15.9. The van der Waals surface area contributed by atoms with E-state index < -0.39 is 5.60 Å². The summed E-state index contributed by atoms with van der Waals surface area (Å²) in [7, 11) is 0. The molecule has 128 valence electrons. The van der Waals surface area contributed by atoms with Crippen LogP contribution >= 0.6 is 0 Å². The van der Waals surface area contributed by atoms with Gasteiger partial charge in [0.1, 0.15) is 5.60 Å². The van der Waals surface area contributed by atoms with Crippen molar-refractivity contribution in [1.82, 2.24) is 19.7 Å². The zero-order valence-electron chi connectivity index (χ0n) is 14.1. The average molecular weight is 322 g/mol. The summed E-state index contributed by atoms with van der Waals surface area (Å²) in [5.74, 6) is 1.37. The second kappa shape index (κ2) is 5.90. The molecule has 3 rings (SSSR count). The molecule has 8 nitrogen and oxygen atoms in total. The van der Waals surface area contributed by atoms with Crippen molar-refractivity contribution in [1.29, 1.82) is 0 Å². The number of carbonyl (C=O) groups excluding carboxylic acids is 1. The lowest BCUT2D eigenvalue weighted by Crippen LogP contribution is -2.45. The molecule has 0 bridgehead atoms. The number of nitrogens with one attached hydrogen (secondary N) is 1. The Bertz CT molecular complexity index is 579. The van der Waals surface area contributed by atoms with Gasteiger partial charge in [0.25, 0.3) is 0 Å². The van der Waals surface area contributed by atoms with Crippen molar-refractivity contribution in [2.45, 2.75) is 51.7 Å². The fraction of sp³-hybridized carbons (Fsp3) is 0.800. The van der Waals surface area contributed by atoms with Crippen LogP contribution in [-0.2, 0) is 4.74 Å². The quantitative estimate of drug-likeness (QED) is 0.819. The van der Waals surface area contributed by atoms with E-state index in [2.05, 4.69) is 15.4 Å². The molecule has 0 spiro atoms. The largest absolute Gasteiger partial charge is 0.444 e. The number of aromatic nitrogens is 3. The smallest absolute Gasteiger partial charge is 0.410 e. The van der Waals surface area contributed by atoms with Crippen molar-refractivity contribution >= 4 is 18.0 Å². The predicted octanol–water partition coefficient (Wildman–Crippen LogP) is 1.86. The van der Waals surface area contributed by atoms with Crippen LogP contribution in [0.1, 0.15) is 46.1 Å². The van der Waals surface area contributed by atoms with E-state index >= 15 is 0 Å². The molecule has 8 heteroatoms. The molecule has 2 aliphatic heterocycles. The summed E-state index contributed by atoms with van der Waals surface area (Å²) in [5, 5.41) is 7.54. The van der Waals surface area contributed by atoms with E-state index in [0.29, 0.717) is 18.4 Å². The molecule has 1 fully saturated rings. The van der Waals surface area contributed by atoms with Crippen LogP contribution in [0.2, 0.25) is 0 Å². The van der Waals surface area contributed by atoms with Crippen LogP contribution in [0.15, 0.2) is 0 Å². The summed E-state index contributed by atoms with van der Waals surface area (Å²) in [5.41, 5.74) is 5.26. The fourth-order valence-electron chi connectivity index (χ4n) is 3.40. The van der Waals surface area contributed by atoms with Crippen LogP contribution in [-0.4, -0.2) is 51.0 Å². The molecule has 2 atom stereocenters. The molecule has 0 aliphatic carbocycles. The number of hydrogen-bond donors (Lipinski definition) is 2. The number of amides is 1. The highest BCUT2D eigenvalue weighted by Crippen LogP contribution is 2.34. The zero-order valence-corrected chi connectivity index (χ0v) is 14.1. The van der Waals surface area contributed by atoms with Gasteiger partial charge in [-0.05, 0) is 46.0 Å². The number of ether oxygens (including phenoxy) is 1.